The second-order valence-electron chi connectivity index (χ2n) is 6.75. The van der Waals surface area contributed by atoms with E-state index in [1.165, 1.54) is 17.9 Å². The first kappa shape index (κ1) is 19.3. The summed E-state index contributed by atoms with van der Waals surface area (Å²) in [7, 11) is 1.50. The fourth-order valence-electron chi connectivity index (χ4n) is 3.21. The van der Waals surface area contributed by atoms with E-state index in [-0.39, 0.29) is 23.7 Å². The highest BCUT2D eigenvalue weighted by Gasteiger charge is 2.13. The topological polar surface area (TPSA) is 115 Å². The number of benzene rings is 1. The van der Waals surface area contributed by atoms with Crippen LogP contribution in [0.2, 0.25) is 0 Å². The fourth-order valence-corrected chi connectivity index (χ4v) is 3.21. The van der Waals surface area contributed by atoms with Gasteiger partial charge in [0.05, 0.1) is 36.2 Å². The van der Waals surface area contributed by atoms with Crippen molar-refractivity contribution in [1.82, 2.24) is 24.7 Å². The first-order valence-corrected chi connectivity index (χ1v) is 9.35. The van der Waals surface area contributed by atoms with Crippen molar-refractivity contribution in [2.75, 3.05) is 12.4 Å². The van der Waals surface area contributed by atoms with E-state index in [2.05, 4.69) is 25.4 Å². The van der Waals surface area contributed by atoms with Crippen LogP contribution in [-0.2, 0) is 6.54 Å². The van der Waals surface area contributed by atoms with Crippen LogP contribution in [-0.4, -0.2) is 31.8 Å². The van der Waals surface area contributed by atoms with Gasteiger partial charge in [0.2, 0.25) is 11.8 Å². The van der Waals surface area contributed by atoms with E-state index < -0.39 is 0 Å². The monoisotopic (exact) mass is 404 g/mol. The van der Waals surface area contributed by atoms with Gasteiger partial charge in [-0.15, -0.1) is 5.10 Å². The number of nitrogens with one attached hydrogen (secondary N) is 2. The van der Waals surface area contributed by atoms with Gasteiger partial charge in [-0.25, -0.2) is 9.67 Å². The van der Waals surface area contributed by atoms with Gasteiger partial charge in [-0.05, 0) is 36.8 Å². The number of anilines is 1. The van der Waals surface area contributed by atoms with Crippen LogP contribution in [0.1, 0.15) is 24.2 Å². The highest BCUT2D eigenvalue weighted by molar-refractivity contribution is 5.85. The van der Waals surface area contributed by atoms with E-state index in [9.17, 15) is 9.59 Å². The van der Waals surface area contributed by atoms with Crippen molar-refractivity contribution < 1.29 is 4.74 Å². The molecule has 0 aliphatic rings. The molecule has 0 aliphatic heterocycles. The Labute approximate surface area is 171 Å². The molecule has 0 saturated carbocycles. The molecule has 30 heavy (non-hydrogen) atoms. The summed E-state index contributed by atoms with van der Waals surface area (Å²) in [4.78, 5) is 36.1. The summed E-state index contributed by atoms with van der Waals surface area (Å²) < 4.78 is 6.58. The van der Waals surface area contributed by atoms with Crippen LogP contribution < -0.4 is 21.2 Å². The van der Waals surface area contributed by atoms with Crippen molar-refractivity contribution in [2.24, 2.45) is 0 Å². The molecule has 0 amide bonds. The largest absolute Gasteiger partial charge is 0.480 e. The standard InChI is InChI=1S/C21H20N6O3/c1-13(14-7-9-22-10-8-14)23-21-24-15(11-18(28)25-21)12-27-20(29)17-6-4-3-5-16(17)19(26-27)30-2/h3-11,13H,12H2,1-2H3,(H2,23,24,25,28)/t13-/m0/s1. The zero-order chi connectivity index (χ0) is 21.1. The summed E-state index contributed by atoms with van der Waals surface area (Å²) in [5.74, 6) is 0.641. The third kappa shape index (κ3) is 3.90. The molecule has 1 atom stereocenters. The Morgan fingerprint density at radius 3 is 2.60 bits per heavy atom. The summed E-state index contributed by atoms with van der Waals surface area (Å²) >= 11 is 0. The van der Waals surface area contributed by atoms with Crippen LogP contribution in [0.3, 0.4) is 0 Å². The van der Waals surface area contributed by atoms with E-state index in [0.717, 1.165) is 5.56 Å². The fraction of sp³-hybridized carbons (Fsp3) is 0.190. The highest BCUT2D eigenvalue weighted by atomic mass is 16.5. The van der Waals surface area contributed by atoms with E-state index in [0.29, 0.717) is 28.3 Å². The Hall–Kier alpha value is -4.01. The van der Waals surface area contributed by atoms with Crippen molar-refractivity contribution in [2.45, 2.75) is 19.5 Å². The number of ether oxygens (including phenoxy) is 1. The zero-order valence-electron chi connectivity index (χ0n) is 16.5. The lowest BCUT2D eigenvalue weighted by molar-refractivity contribution is 0.385. The Bertz CT molecular complexity index is 1300. The number of aromatic amines is 1. The normalized spacial score (nSPS) is 11.9. The van der Waals surface area contributed by atoms with Gasteiger partial charge >= 0.3 is 0 Å². The summed E-state index contributed by atoms with van der Waals surface area (Å²) in [5, 5.41) is 8.57. The molecule has 0 aliphatic carbocycles. The van der Waals surface area contributed by atoms with E-state index >= 15 is 0 Å². The van der Waals surface area contributed by atoms with Crippen LogP contribution in [0.15, 0.2) is 64.4 Å². The molecule has 0 saturated heterocycles. The van der Waals surface area contributed by atoms with E-state index in [1.54, 1.807) is 30.6 Å². The molecule has 2 N–H and O–H groups in total. The average Bonchev–Trinajstić information content (AvgIpc) is 2.76. The maximum absolute atomic E-state index is 12.8. The molecule has 4 rings (SSSR count). The number of hydrogen-bond acceptors (Lipinski definition) is 7. The molecule has 0 spiro atoms. The number of aromatic nitrogens is 5. The third-order valence-corrected chi connectivity index (χ3v) is 4.69. The zero-order valence-corrected chi connectivity index (χ0v) is 16.5. The van der Waals surface area contributed by atoms with Crippen molar-refractivity contribution in [3.8, 4) is 5.88 Å². The van der Waals surface area contributed by atoms with Crippen LogP contribution in [0.5, 0.6) is 5.88 Å². The number of H-pyrrole nitrogens is 1. The number of pyridine rings is 1. The molecule has 152 valence electrons. The van der Waals surface area contributed by atoms with Crippen LogP contribution in [0.25, 0.3) is 10.8 Å². The molecule has 3 heterocycles. The molecular weight excluding hydrogens is 384 g/mol. The molecule has 0 radical (unpaired) electrons. The van der Waals surface area contributed by atoms with Crippen molar-refractivity contribution in [3.63, 3.8) is 0 Å². The summed E-state index contributed by atoms with van der Waals surface area (Å²) in [6.07, 6.45) is 3.40. The second kappa shape index (κ2) is 8.16. The molecule has 9 heteroatoms. The molecule has 0 bridgehead atoms. The molecule has 3 aromatic heterocycles. The average molecular weight is 404 g/mol. The minimum Gasteiger partial charge on any atom is -0.480 e. The van der Waals surface area contributed by atoms with Crippen molar-refractivity contribution in [1.29, 1.82) is 0 Å². The quantitative estimate of drug-likeness (QED) is 0.506. The van der Waals surface area contributed by atoms with Gasteiger partial charge in [0.1, 0.15) is 0 Å². The van der Waals surface area contributed by atoms with Crippen molar-refractivity contribution >= 4 is 16.7 Å². The number of fused-ring (bicyclic) bond motifs is 1. The molecule has 9 nitrogen and oxygen atoms in total. The summed E-state index contributed by atoms with van der Waals surface area (Å²) in [5.41, 5.74) is 0.781. The Morgan fingerprint density at radius 2 is 1.87 bits per heavy atom. The van der Waals surface area contributed by atoms with Gasteiger partial charge in [0.15, 0.2) is 0 Å². The minimum atomic E-state index is -0.328. The van der Waals surface area contributed by atoms with Gasteiger partial charge in [-0.2, -0.15) is 0 Å². The molecular formula is C21H20N6O3. The van der Waals surface area contributed by atoms with Crippen LogP contribution in [0.4, 0.5) is 5.95 Å². The smallest absolute Gasteiger partial charge is 0.275 e. The van der Waals surface area contributed by atoms with Crippen molar-refractivity contribution in [3.05, 3.63) is 86.8 Å². The maximum Gasteiger partial charge on any atom is 0.275 e. The van der Waals surface area contributed by atoms with Gasteiger partial charge in [-0.1, -0.05) is 12.1 Å². The lowest BCUT2D eigenvalue weighted by atomic mass is 10.1. The second-order valence-corrected chi connectivity index (χ2v) is 6.75. The van der Waals surface area contributed by atoms with Gasteiger partial charge in [-0.3, -0.25) is 19.6 Å². The lowest BCUT2D eigenvalue weighted by Crippen LogP contribution is -2.26. The SMILES string of the molecule is COc1nn(Cc2cc(=O)[nH]c(N[C@@H](C)c3ccncc3)n2)c(=O)c2ccccc12. The summed E-state index contributed by atoms with van der Waals surface area (Å²) in [6.45, 7) is 1.98. The number of hydrogen-bond donors (Lipinski definition) is 2. The minimum absolute atomic E-state index is 0.0300. The van der Waals surface area contributed by atoms with Crippen LogP contribution in [0, 0.1) is 0 Å². The first-order chi connectivity index (χ1) is 14.5. The van der Waals surface area contributed by atoms with Gasteiger partial charge < -0.3 is 10.1 Å². The number of methoxy groups -OCH3 is 1. The molecule has 4 aromatic rings. The number of nitrogens with zero attached hydrogens (tertiary/aromatic N) is 4. The molecule has 0 unspecified atom stereocenters. The number of rotatable bonds is 6. The molecule has 0 fully saturated rings. The summed E-state index contributed by atoms with van der Waals surface area (Å²) in [6, 6.07) is 12.1. The van der Waals surface area contributed by atoms with Gasteiger partial charge in [0.25, 0.3) is 11.1 Å². The predicted octanol–water partition coefficient (Wildman–Crippen LogP) is 2.10. The van der Waals surface area contributed by atoms with E-state index in [1.807, 2.05) is 25.1 Å². The van der Waals surface area contributed by atoms with E-state index in [4.69, 9.17) is 4.74 Å². The van der Waals surface area contributed by atoms with Crippen LogP contribution >= 0.6 is 0 Å². The first-order valence-electron chi connectivity index (χ1n) is 9.35. The predicted molar refractivity (Wildman–Crippen MR) is 113 cm³/mol. The molecule has 1 aromatic carbocycles. The lowest BCUT2D eigenvalue weighted by Gasteiger charge is -2.15. The van der Waals surface area contributed by atoms with Gasteiger partial charge in [0, 0.05) is 18.5 Å². The Balaban J connectivity index is 1.67. The maximum atomic E-state index is 12.8. The highest BCUT2D eigenvalue weighted by Crippen LogP contribution is 2.20. The Kier molecular flexibility index (Phi) is 5.25. The Morgan fingerprint density at radius 1 is 1.13 bits per heavy atom. The third-order valence-electron chi connectivity index (χ3n) is 4.69.